The van der Waals surface area contributed by atoms with Crippen molar-refractivity contribution in [2.24, 2.45) is 0 Å². The molecule has 1 nitrogen and oxygen atoms in total. The molecule has 0 fully saturated rings. The van der Waals surface area contributed by atoms with Gasteiger partial charge in [0, 0.05) is 16.1 Å². The van der Waals surface area contributed by atoms with E-state index in [4.69, 9.17) is 0 Å². The number of hydrogen-bond donors (Lipinski definition) is 1. The van der Waals surface area contributed by atoms with E-state index in [1.807, 2.05) is 13.0 Å². The van der Waals surface area contributed by atoms with Crippen LogP contribution in [0.15, 0.2) is 39.5 Å². The van der Waals surface area contributed by atoms with Crippen molar-refractivity contribution in [1.82, 2.24) is 5.32 Å². The standard InChI is InChI=1S/C14H15BrFNS/c1-2-17-14(7-10-5-6-18-9-10)12-8-11(15)3-4-13(12)16/h3-6,8-9,14,17H,2,7H2,1H3. The maximum absolute atomic E-state index is 13.9. The molecule has 0 aliphatic heterocycles. The van der Waals surface area contributed by atoms with Crippen LogP contribution in [0.2, 0.25) is 0 Å². The topological polar surface area (TPSA) is 12.0 Å². The molecule has 0 saturated heterocycles. The quantitative estimate of drug-likeness (QED) is 0.849. The molecular formula is C14H15BrFNS. The zero-order valence-corrected chi connectivity index (χ0v) is 12.5. The molecule has 18 heavy (non-hydrogen) atoms. The van der Waals surface area contributed by atoms with Crippen molar-refractivity contribution in [3.8, 4) is 0 Å². The highest BCUT2D eigenvalue weighted by Gasteiger charge is 2.16. The first-order chi connectivity index (χ1) is 8.70. The van der Waals surface area contributed by atoms with Crippen LogP contribution in [-0.2, 0) is 6.42 Å². The smallest absolute Gasteiger partial charge is 0.128 e. The van der Waals surface area contributed by atoms with Gasteiger partial charge in [-0.25, -0.2) is 4.39 Å². The normalized spacial score (nSPS) is 12.6. The van der Waals surface area contributed by atoms with Crippen LogP contribution in [0, 0.1) is 5.82 Å². The summed E-state index contributed by atoms with van der Waals surface area (Å²) in [5, 5.41) is 7.51. The number of nitrogens with one attached hydrogen (secondary N) is 1. The molecule has 0 spiro atoms. The van der Waals surface area contributed by atoms with Crippen molar-refractivity contribution in [3.63, 3.8) is 0 Å². The molecule has 1 heterocycles. The summed E-state index contributed by atoms with van der Waals surface area (Å²) >= 11 is 5.07. The van der Waals surface area contributed by atoms with Gasteiger partial charge in [-0.05, 0) is 53.6 Å². The lowest BCUT2D eigenvalue weighted by atomic mass is 10.00. The summed E-state index contributed by atoms with van der Waals surface area (Å²) in [6, 6.07) is 7.20. The summed E-state index contributed by atoms with van der Waals surface area (Å²) < 4.78 is 14.8. The lowest BCUT2D eigenvalue weighted by molar-refractivity contribution is 0.510. The van der Waals surface area contributed by atoms with Crippen LogP contribution in [0.5, 0.6) is 0 Å². The Morgan fingerprint density at radius 1 is 1.39 bits per heavy atom. The predicted molar refractivity (Wildman–Crippen MR) is 78.5 cm³/mol. The van der Waals surface area contributed by atoms with Crippen LogP contribution in [0.3, 0.4) is 0 Å². The third kappa shape index (κ3) is 3.40. The fourth-order valence-corrected chi connectivity index (χ4v) is 3.02. The number of hydrogen-bond acceptors (Lipinski definition) is 2. The molecule has 2 aromatic rings. The second-order valence-corrected chi connectivity index (χ2v) is 5.81. The average Bonchev–Trinajstić information content (AvgIpc) is 2.85. The summed E-state index contributed by atoms with van der Waals surface area (Å²) in [7, 11) is 0. The molecule has 1 aromatic carbocycles. The van der Waals surface area contributed by atoms with Gasteiger partial charge in [-0.1, -0.05) is 22.9 Å². The fourth-order valence-electron chi connectivity index (χ4n) is 1.96. The highest BCUT2D eigenvalue weighted by Crippen LogP contribution is 2.25. The lowest BCUT2D eigenvalue weighted by Gasteiger charge is -2.19. The second kappa shape index (κ2) is 6.45. The Bertz CT molecular complexity index is 499. The van der Waals surface area contributed by atoms with Crippen LogP contribution in [-0.4, -0.2) is 6.54 Å². The zero-order valence-electron chi connectivity index (χ0n) is 10.1. The van der Waals surface area contributed by atoms with Gasteiger partial charge in [0.1, 0.15) is 5.82 Å². The number of rotatable bonds is 5. The van der Waals surface area contributed by atoms with Crippen LogP contribution >= 0.6 is 27.3 Å². The molecule has 1 atom stereocenters. The van der Waals surface area contributed by atoms with Crippen molar-refractivity contribution >= 4 is 27.3 Å². The Morgan fingerprint density at radius 3 is 2.89 bits per heavy atom. The molecule has 4 heteroatoms. The molecule has 1 unspecified atom stereocenters. The van der Waals surface area contributed by atoms with Crippen molar-refractivity contribution in [1.29, 1.82) is 0 Å². The maximum atomic E-state index is 13.9. The molecule has 1 N–H and O–H groups in total. The van der Waals surface area contributed by atoms with E-state index >= 15 is 0 Å². The predicted octanol–water partition coefficient (Wildman–Crippen LogP) is 4.54. The third-order valence-electron chi connectivity index (χ3n) is 2.80. The first kappa shape index (κ1) is 13.7. The van der Waals surface area contributed by atoms with Crippen LogP contribution in [0.25, 0.3) is 0 Å². The molecule has 2 rings (SSSR count). The van der Waals surface area contributed by atoms with Gasteiger partial charge in [0.25, 0.3) is 0 Å². The first-order valence-corrected chi connectivity index (χ1v) is 7.63. The molecule has 0 saturated carbocycles. The van der Waals surface area contributed by atoms with E-state index in [0.29, 0.717) is 0 Å². The van der Waals surface area contributed by atoms with E-state index in [2.05, 4.69) is 38.1 Å². The van der Waals surface area contributed by atoms with Crippen LogP contribution < -0.4 is 5.32 Å². The van der Waals surface area contributed by atoms with Crippen molar-refractivity contribution in [2.75, 3.05) is 6.54 Å². The van der Waals surface area contributed by atoms with E-state index in [9.17, 15) is 4.39 Å². The Hall–Kier alpha value is -0.710. The summed E-state index contributed by atoms with van der Waals surface area (Å²) in [6.07, 6.45) is 0.810. The van der Waals surface area contributed by atoms with E-state index in [-0.39, 0.29) is 11.9 Å². The minimum absolute atomic E-state index is 0.0158. The third-order valence-corrected chi connectivity index (χ3v) is 4.03. The van der Waals surface area contributed by atoms with Crippen molar-refractivity contribution < 1.29 is 4.39 Å². The van der Waals surface area contributed by atoms with Crippen molar-refractivity contribution in [2.45, 2.75) is 19.4 Å². The van der Waals surface area contributed by atoms with Crippen LogP contribution in [0.1, 0.15) is 24.1 Å². The van der Waals surface area contributed by atoms with Gasteiger partial charge in [0.15, 0.2) is 0 Å². The van der Waals surface area contributed by atoms with Gasteiger partial charge >= 0.3 is 0 Å². The van der Waals surface area contributed by atoms with Gasteiger partial charge in [-0.3, -0.25) is 0 Å². The molecule has 1 aromatic heterocycles. The fraction of sp³-hybridized carbons (Fsp3) is 0.286. The average molecular weight is 328 g/mol. The SMILES string of the molecule is CCNC(Cc1ccsc1)c1cc(Br)ccc1F. The van der Waals surface area contributed by atoms with Crippen molar-refractivity contribution in [3.05, 3.63) is 56.4 Å². The Morgan fingerprint density at radius 2 is 2.22 bits per heavy atom. The molecular weight excluding hydrogens is 313 g/mol. The van der Waals surface area contributed by atoms with Gasteiger partial charge in [-0.2, -0.15) is 11.3 Å². The van der Waals surface area contributed by atoms with E-state index in [1.165, 1.54) is 11.6 Å². The van der Waals surface area contributed by atoms with Gasteiger partial charge in [0.05, 0.1) is 0 Å². The first-order valence-electron chi connectivity index (χ1n) is 5.90. The maximum Gasteiger partial charge on any atom is 0.128 e. The van der Waals surface area contributed by atoms with E-state index < -0.39 is 0 Å². The van der Waals surface area contributed by atoms with Gasteiger partial charge < -0.3 is 5.32 Å². The van der Waals surface area contributed by atoms with E-state index in [1.54, 1.807) is 17.4 Å². The largest absolute Gasteiger partial charge is 0.310 e. The molecule has 0 aliphatic carbocycles. The Labute approximate surface area is 119 Å². The molecule has 0 radical (unpaired) electrons. The van der Waals surface area contributed by atoms with Crippen LogP contribution in [0.4, 0.5) is 4.39 Å². The summed E-state index contributed by atoms with van der Waals surface area (Å²) in [5.41, 5.74) is 1.96. The molecule has 0 bridgehead atoms. The molecule has 96 valence electrons. The highest BCUT2D eigenvalue weighted by atomic mass is 79.9. The number of thiophene rings is 1. The molecule has 0 amide bonds. The minimum atomic E-state index is -0.153. The minimum Gasteiger partial charge on any atom is -0.310 e. The zero-order chi connectivity index (χ0) is 13.0. The van der Waals surface area contributed by atoms with E-state index in [0.717, 1.165) is 23.0 Å². The lowest BCUT2D eigenvalue weighted by Crippen LogP contribution is -2.23. The molecule has 0 aliphatic rings. The monoisotopic (exact) mass is 327 g/mol. The summed E-state index contributed by atoms with van der Waals surface area (Å²) in [4.78, 5) is 0. The van der Waals surface area contributed by atoms with Gasteiger partial charge in [-0.15, -0.1) is 0 Å². The summed E-state index contributed by atoms with van der Waals surface area (Å²) in [6.45, 7) is 2.86. The number of halogens is 2. The Balaban J connectivity index is 2.26. The second-order valence-electron chi connectivity index (χ2n) is 4.11. The number of likely N-dealkylation sites (N-methyl/N-ethyl adjacent to an activating group) is 1. The number of benzene rings is 1. The van der Waals surface area contributed by atoms with Gasteiger partial charge in [0.2, 0.25) is 0 Å². The Kier molecular flexibility index (Phi) is 4.92. The highest BCUT2D eigenvalue weighted by molar-refractivity contribution is 9.10. The summed E-state index contributed by atoms with van der Waals surface area (Å²) in [5.74, 6) is -0.153.